The summed E-state index contributed by atoms with van der Waals surface area (Å²) >= 11 is 7.22. The van der Waals surface area contributed by atoms with E-state index < -0.39 is 9.84 Å². The van der Waals surface area contributed by atoms with Gasteiger partial charge in [-0.05, 0) is 42.8 Å². The fourth-order valence-electron chi connectivity index (χ4n) is 2.21. The van der Waals surface area contributed by atoms with E-state index in [0.29, 0.717) is 26.1 Å². The summed E-state index contributed by atoms with van der Waals surface area (Å²) in [5.74, 6) is 0.0499. The van der Waals surface area contributed by atoms with E-state index in [1.807, 2.05) is 13.0 Å². The van der Waals surface area contributed by atoms with Gasteiger partial charge in [0.2, 0.25) is 0 Å². The quantitative estimate of drug-likeness (QED) is 0.693. The number of hydrogen-bond acceptors (Lipinski definition) is 6. The Morgan fingerprint density at radius 3 is 2.77 bits per heavy atom. The summed E-state index contributed by atoms with van der Waals surface area (Å²) in [5.41, 5.74) is 1.58. The van der Waals surface area contributed by atoms with Gasteiger partial charge in [-0.1, -0.05) is 29.0 Å². The number of aromatic nitrogens is 1. The standard InChI is InChI=1S/C17H15ClN2O4S2/c1-10-3-5-12(18)14(7-10)24-9-16(21)20-17-19-13-6-4-11(26(2,22)23)8-15(13)25-17/h3-8H,9H2,1-2H3,(H,19,20,21). The van der Waals surface area contributed by atoms with Gasteiger partial charge in [-0.3, -0.25) is 10.1 Å². The Bertz CT molecular complexity index is 1090. The van der Waals surface area contributed by atoms with Crippen LogP contribution in [0.4, 0.5) is 5.13 Å². The zero-order valence-corrected chi connectivity index (χ0v) is 16.3. The first-order valence-electron chi connectivity index (χ1n) is 7.52. The van der Waals surface area contributed by atoms with Crippen LogP contribution in [0.25, 0.3) is 10.2 Å². The molecule has 1 amide bonds. The Balaban J connectivity index is 1.70. The third kappa shape index (κ3) is 4.32. The molecule has 26 heavy (non-hydrogen) atoms. The molecule has 0 saturated heterocycles. The lowest BCUT2D eigenvalue weighted by atomic mass is 10.2. The van der Waals surface area contributed by atoms with Crippen LogP contribution in [0.15, 0.2) is 41.3 Å². The Morgan fingerprint density at radius 2 is 2.04 bits per heavy atom. The Kier molecular flexibility index (Phi) is 5.17. The minimum Gasteiger partial charge on any atom is -0.482 e. The normalized spacial score (nSPS) is 11.5. The van der Waals surface area contributed by atoms with Crippen molar-refractivity contribution in [1.82, 2.24) is 4.98 Å². The largest absolute Gasteiger partial charge is 0.482 e. The second-order valence-corrected chi connectivity index (χ2v) is 9.15. The molecule has 3 aromatic rings. The zero-order valence-electron chi connectivity index (χ0n) is 13.9. The van der Waals surface area contributed by atoms with Gasteiger partial charge in [-0.15, -0.1) is 0 Å². The van der Waals surface area contributed by atoms with Crippen LogP contribution >= 0.6 is 22.9 Å². The van der Waals surface area contributed by atoms with Crippen LogP contribution in [0, 0.1) is 6.92 Å². The number of rotatable bonds is 5. The number of carbonyl (C=O) groups is 1. The van der Waals surface area contributed by atoms with E-state index in [9.17, 15) is 13.2 Å². The number of benzene rings is 2. The molecule has 0 aliphatic heterocycles. The van der Waals surface area contributed by atoms with Crippen LogP contribution in [-0.2, 0) is 14.6 Å². The lowest BCUT2D eigenvalue weighted by Gasteiger charge is -2.08. The van der Waals surface area contributed by atoms with Crippen molar-refractivity contribution in [2.75, 3.05) is 18.2 Å². The first-order valence-corrected chi connectivity index (χ1v) is 10.6. The van der Waals surface area contributed by atoms with Crippen LogP contribution < -0.4 is 10.1 Å². The van der Waals surface area contributed by atoms with Crippen molar-refractivity contribution in [2.24, 2.45) is 0 Å². The molecule has 6 nitrogen and oxygen atoms in total. The number of fused-ring (bicyclic) bond motifs is 1. The highest BCUT2D eigenvalue weighted by atomic mass is 35.5. The molecule has 2 aromatic carbocycles. The van der Waals surface area contributed by atoms with Crippen molar-refractivity contribution in [3.8, 4) is 5.75 Å². The van der Waals surface area contributed by atoms with Crippen LogP contribution in [-0.4, -0.2) is 32.2 Å². The molecule has 0 aliphatic carbocycles. The highest BCUT2D eigenvalue weighted by molar-refractivity contribution is 7.90. The van der Waals surface area contributed by atoms with Crippen molar-refractivity contribution in [2.45, 2.75) is 11.8 Å². The van der Waals surface area contributed by atoms with E-state index in [1.165, 1.54) is 17.4 Å². The minimum atomic E-state index is -3.30. The molecule has 0 radical (unpaired) electrons. The minimum absolute atomic E-state index is 0.212. The molecule has 0 atom stereocenters. The average Bonchev–Trinajstić information content (AvgIpc) is 2.96. The van der Waals surface area contributed by atoms with Gasteiger partial charge in [-0.2, -0.15) is 0 Å². The van der Waals surface area contributed by atoms with Crippen molar-refractivity contribution in [1.29, 1.82) is 0 Å². The number of amides is 1. The number of thiazole rings is 1. The monoisotopic (exact) mass is 410 g/mol. The highest BCUT2D eigenvalue weighted by Gasteiger charge is 2.13. The molecule has 1 heterocycles. The Labute approximate surface area is 159 Å². The van der Waals surface area contributed by atoms with Crippen LogP contribution in [0.3, 0.4) is 0 Å². The van der Waals surface area contributed by atoms with E-state index in [-0.39, 0.29) is 17.4 Å². The average molecular weight is 411 g/mol. The van der Waals surface area contributed by atoms with Gasteiger partial charge < -0.3 is 4.74 Å². The lowest BCUT2D eigenvalue weighted by Crippen LogP contribution is -2.20. The van der Waals surface area contributed by atoms with Gasteiger partial charge >= 0.3 is 0 Å². The maximum absolute atomic E-state index is 12.1. The molecule has 9 heteroatoms. The highest BCUT2D eigenvalue weighted by Crippen LogP contribution is 2.28. The number of aryl methyl sites for hydroxylation is 1. The maximum Gasteiger partial charge on any atom is 0.264 e. The molecule has 0 aliphatic rings. The van der Waals surface area contributed by atoms with Crippen molar-refractivity contribution in [3.05, 3.63) is 47.0 Å². The summed E-state index contributed by atoms with van der Waals surface area (Å²) in [6, 6.07) is 9.95. The summed E-state index contributed by atoms with van der Waals surface area (Å²) in [4.78, 5) is 16.6. The van der Waals surface area contributed by atoms with Gasteiger partial charge in [0.05, 0.1) is 20.1 Å². The predicted octanol–water partition coefficient (Wildman–Crippen LogP) is 3.68. The number of halogens is 1. The van der Waals surface area contributed by atoms with E-state index in [1.54, 1.807) is 24.3 Å². The number of nitrogens with one attached hydrogen (secondary N) is 1. The first kappa shape index (κ1) is 18.6. The van der Waals surface area contributed by atoms with E-state index in [2.05, 4.69) is 10.3 Å². The summed E-state index contributed by atoms with van der Waals surface area (Å²) < 4.78 is 29.4. The molecule has 0 saturated carbocycles. The number of ether oxygens (including phenoxy) is 1. The van der Waals surface area contributed by atoms with Crippen LogP contribution in [0.5, 0.6) is 5.75 Å². The second-order valence-electron chi connectivity index (χ2n) is 5.69. The number of nitrogens with zero attached hydrogens (tertiary/aromatic N) is 1. The smallest absolute Gasteiger partial charge is 0.264 e. The van der Waals surface area contributed by atoms with E-state index in [4.69, 9.17) is 16.3 Å². The van der Waals surface area contributed by atoms with E-state index >= 15 is 0 Å². The fraction of sp³-hybridized carbons (Fsp3) is 0.176. The molecule has 0 spiro atoms. The lowest BCUT2D eigenvalue weighted by molar-refractivity contribution is -0.118. The molecule has 1 aromatic heterocycles. The van der Waals surface area contributed by atoms with Crippen molar-refractivity contribution < 1.29 is 17.9 Å². The maximum atomic E-state index is 12.1. The molecule has 1 N–H and O–H groups in total. The fourth-order valence-corrected chi connectivity index (χ4v) is 4.02. The third-order valence-electron chi connectivity index (χ3n) is 3.48. The first-order chi connectivity index (χ1) is 12.2. The third-order valence-corrected chi connectivity index (χ3v) is 5.84. The molecule has 3 rings (SSSR count). The van der Waals surface area contributed by atoms with Gasteiger partial charge in [0, 0.05) is 6.26 Å². The summed E-state index contributed by atoms with van der Waals surface area (Å²) in [5, 5.41) is 3.44. The Morgan fingerprint density at radius 1 is 1.27 bits per heavy atom. The van der Waals surface area contributed by atoms with Gasteiger partial charge in [0.25, 0.3) is 5.91 Å². The Hall–Kier alpha value is -2.16. The number of hydrogen-bond donors (Lipinski definition) is 1. The number of anilines is 1. The SMILES string of the molecule is Cc1ccc(Cl)c(OCC(=O)Nc2nc3ccc(S(C)(=O)=O)cc3s2)c1. The summed E-state index contributed by atoms with van der Waals surface area (Å²) in [6.07, 6.45) is 1.14. The summed E-state index contributed by atoms with van der Waals surface area (Å²) in [7, 11) is -3.30. The van der Waals surface area contributed by atoms with Gasteiger partial charge in [0.15, 0.2) is 21.6 Å². The molecule has 0 fully saturated rings. The van der Waals surface area contributed by atoms with Gasteiger partial charge in [0.1, 0.15) is 5.75 Å². The van der Waals surface area contributed by atoms with Crippen LogP contribution in [0.1, 0.15) is 5.56 Å². The molecular formula is C17H15ClN2O4S2. The van der Waals surface area contributed by atoms with Crippen molar-refractivity contribution >= 4 is 54.0 Å². The molecular weight excluding hydrogens is 396 g/mol. The second kappa shape index (κ2) is 7.22. The topological polar surface area (TPSA) is 85.4 Å². The van der Waals surface area contributed by atoms with Gasteiger partial charge in [-0.25, -0.2) is 13.4 Å². The van der Waals surface area contributed by atoms with E-state index in [0.717, 1.165) is 11.8 Å². The molecule has 0 unspecified atom stereocenters. The summed E-state index contributed by atoms with van der Waals surface area (Å²) in [6.45, 7) is 1.68. The molecule has 0 bridgehead atoms. The molecule has 136 valence electrons. The predicted molar refractivity (Wildman–Crippen MR) is 103 cm³/mol. The number of sulfone groups is 1. The zero-order chi connectivity index (χ0) is 18.9. The van der Waals surface area contributed by atoms with Crippen molar-refractivity contribution in [3.63, 3.8) is 0 Å². The van der Waals surface area contributed by atoms with Crippen LogP contribution in [0.2, 0.25) is 5.02 Å². The number of carbonyl (C=O) groups excluding carboxylic acids is 1.